The predicted octanol–water partition coefficient (Wildman–Crippen LogP) is 3.77. The predicted molar refractivity (Wildman–Crippen MR) is 80.0 cm³/mol. The van der Waals surface area contributed by atoms with Gasteiger partial charge in [0.05, 0.1) is 5.69 Å². The van der Waals surface area contributed by atoms with Gasteiger partial charge >= 0.3 is 0 Å². The van der Waals surface area contributed by atoms with Gasteiger partial charge in [-0.25, -0.2) is 4.98 Å². The summed E-state index contributed by atoms with van der Waals surface area (Å²) < 4.78 is 2.10. The molecule has 0 fully saturated rings. The molecule has 0 saturated heterocycles. The second kappa shape index (κ2) is 4.76. The van der Waals surface area contributed by atoms with Crippen LogP contribution in [0.1, 0.15) is 12.6 Å². The summed E-state index contributed by atoms with van der Waals surface area (Å²) in [5, 5.41) is 5.80. The van der Waals surface area contributed by atoms with Gasteiger partial charge in [0.15, 0.2) is 0 Å². The molecule has 2 aromatic carbocycles. The number of fused-ring (bicyclic) bond motifs is 1. The Morgan fingerprint density at radius 3 is 2.68 bits per heavy atom. The Hall–Kier alpha value is -2.29. The number of hydrogen-bond acceptors (Lipinski definition) is 2. The highest BCUT2D eigenvalue weighted by molar-refractivity contribution is 5.84. The number of nitrogens with zero attached hydrogens (tertiary/aromatic N) is 2. The molecule has 0 saturated carbocycles. The molecule has 0 amide bonds. The van der Waals surface area contributed by atoms with Crippen molar-refractivity contribution in [1.29, 1.82) is 0 Å². The third-order valence-electron chi connectivity index (χ3n) is 3.17. The Morgan fingerprint density at radius 2 is 1.89 bits per heavy atom. The topological polar surface area (TPSA) is 29.9 Å². The molecule has 1 N–H and O–H groups in total. The van der Waals surface area contributed by atoms with Crippen LogP contribution < -0.4 is 5.32 Å². The largest absolute Gasteiger partial charge is 0.356 e. The molecule has 19 heavy (non-hydrogen) atoms. The standard InChI is InChI=1S/C16H17N3/c1-3-17-16-18-12(2)11-19(16)15-9-8-13-6-4-5-7-14(13)10-15/h4-11H,3H2,1-2H3,(H,17,18). The van der Waals surface area contributed by atoms with E-state index in [1.54, 1.807) is 0 Å². The number of hydrogen-bond donors (Lipinski definition) is 1. The van der Waals surface area contributed by atoms with Crippen LogP contribution in [-0.4, -0.2) is 16.1 Å². The maximum Gasteiger partial charge on any atom is 0.207 e. The summed E-state index contributed by atoms with van der Waals surface area (Å²) in [7, 11) is 0. The average molecular weight is 251 g/mol. The maximum atomic E-state index is 4.51. The summed E-state index contributed by atoms with van der Waals surface area (Å²) in [6.45, 7) is 4.96. The van der Waals surface area contributed by atoms with E-state index in [2.05, 4.69) is 70.5 Å². The van der Waals surface area contributed by atoms with Crippen molar-refractivity contribution in [3.63, 3.8) is 0 Å². The fourth-order valence-electron chi connectivity index (χ4n) is 2.30. The lowest BCUT2D eigenvalue weighted by atomic mass is 10.1. The molecular weight excluding hydrogens is 234 g/mol. The summed E-state index contributed by atoms with van der Waals surface area (Å²) in [6, 6.07) is 14.9. The molecule has 96 valence electrons. The van der Waals surface area contributed by atoms with Crippen molar-refractivity contribution in [3.8, 4) is 5.69 Å². The van der Waals surface area contributed by atoms with E-state index in [4.69, 9.17) is 0 Å². The number of anilines is 1. The minimum Gasteiger partial charge on any atom is -0.356 e. The van der Waals surface area contributed by atoms with Gasteiger partial charge in [-0.1, -0.05) is 30.3 Å². The van der Waals surface area contributed by atoms with Crippen molar-refractivity contribution in [1.82, 2.24) is 9.55 Å². The van der Waals surface area contributed by atoms with E-state index in [0.29, 0.717) is 0 Å². The van der Waals surface area contributed by atoms with Gasteiger partial charge in [0.1, 0.15) is 0 Å². The van der Waals surface area contributed by atoms with Crippen LogP contribution in [-0.2, 0) is 0 Å². The third kappa shape index (κ3) is 2.19. The van der Waals surface area contributed by atoms with Gasteiger partial charge in [-0.15, -0.1) is 0 Å². The highest BCUT2D eigenvalue weighted by atomic mass is 15.2. The summed E-state index contributed by atoms with van der Waals surface area (Å²) in [6.07, 6.45) is 2.06. The van der Waals surface area contributed by atoms with Crippen molar-refractivity contribution < 1.29 is 0 Å². The van der Waals surface area contributed by atoms with E-state index >= 15 is 0 Å². The second-order valence-electron chi connectivity index (χ2n) is 4.64. The quantitative estimate of drug-likeness (QED) is 0.768. The van der Waals surface area contributed by atoms with Crippen molar-refractivity contribution in [2.75, 3.05) is 11.9 Å². The molecule has 0 spiro atoms. The SMILES string of the molecule is CCNc1nc(C)cn1-c1ccc2ccccc2c1. The van der Waals surface area contributed by atoms with Crippen molar-refractivity contribution >= 4 is 16.7 Å². The van der Waals surface area contributed by atoms with Gasteiger partial charge in [-0.3, -0.25) is 4.57 Å². The molecule has 0 aliphatic carbocycles. The molecule has 3 heteroatoms. The Labute approximate surface area is 112 Å². The molecule has 3 nitrogen and oxygen atoms in total. The molecule has 1 aromatic heterocycles. The summed E-state index contributed by atoms with van der Waals surface area (Å²) in [4.78, 5) is 4.51. The molecule has 0 aliphatic heterocycles. The van der Waals surface area contributed by atoms with Crippen molar-refractivity contribution in [2.45, 2.75) is 13.8 Å². The second-order valence-corrected chi connectivity index (χ2v) is 4.64. The van der Waals surface area contributed by atoms with E-state index in [-0.39, 0.29) is 0 Å². The monoisotopic (exact) mass is 251 g/mol. The summed E-state index contributed by atoms with van der Waals surface area (Å²) >= 11 is 0. The van der Waals surface area contributed by atoms with Gasteiger partial charge < -0.3 is 5.32 Å². The fraction of sp³-hybridized carbons (Fsp3) is 0.188. The van der Waals surface area contributed by atoms with Crippen molar-refractivity contribution in [2.24, 2.45) is 0 Å². The van der Waals surface area contributed by atoms with Crippen LogP contribution in [0.15, 0.2) is 48.7 Å². The molecule has 0 bridgehead atoms. The van der Waals surface area contributed by atoms with Crippen LogP contribution >= 0.6 is 0 Å². The highest BCUT2D eigenvalue weighted by Crippen LogP contribution is 2.21. The average Bonchev–Trinajstić information content (AvgIpc) is 2.80. The van der Waals surface area contributed by atoms with Gasteiger partial charge in [-0.05, 0) is 36.8 Å². The lowest BCUT2D eigenvalue weighted by molar-refractivity contribution is 1.02. The molecule has 3 aromatic rings. The minimum atomic E-state index is 0.865. The van der Waals surface area contributed by atoms with E-state index < -0.39 is 0 Å². The lowest BCUT2D eigenvalue weighted by Crippen LogP contribution is -2.04. The number of benzene rings is 2. The first-order chi connectivity index (χ1) is 9.28. The van der Waals surface area contributed by atoms with Crippen LogP contribution in [0.2, 0.25) is 0 Å². The first-order valence-corrected chi connectivity index (χ1v) is 6.57. The van der Waals surface area contributed by atoms with Crippen LogP contribution in [0.25, 0.3) is 16.5 Å². The molecule has 0 atom stereocenters. The van der Waals surface area contributed by atoms with E-state index in [1.807, 2.05) is 6.92 Å². The van der Waals surface area contributed by atoms with Crippen LogP contribution in [0.5, 0.6) is 0 Å². The number of rotatable bonds is 3. The summed E-state index contributed by atoms with van der Waals surface area (Å²) in [5.41, 5.74) is 2.15. The highest BCUT2D eigenvalue weighted by Gasteiger charge is 2.06. The zero-order chi connectivity index (χ0) is 13.2. The minimum absolute atomic E-state index is 0.865. The zero-order valence-electron chi connectivity index (χ0n) is 11.2. The van der Waals surface area contributed by atoms with E-state index in [0.717, 1.165) is 23.9 Å². The van der Waals surface area contributed by atoms with Gasteiger partial charge in [-0.2, -0.15) is 0 Å². The first-order valence-electron chi connectivity index (χ1n) is 6.57. The van der Waals surface area contributed by atoms with Crippen LogP contribution in [0, 0.1) is 6.92 Å². The maximum absolute atomic E-state index is 4.51. The smallest absolute Gasteiger partial charge is 0.207 e. The number of imidazole rings is 1. The Balaban J connectivity index is 2.13. The molecule has 0 aliphatic rings. The molecule has 0 unspecified atom stereocenters. The zero-order valence-corrected chi connectivity index (χ0v) is 11.2. The Kier molecular flexibility index (Phi) is 2.95. The van der Waals surface area contributed by atoms with Gasteiger partial charge in [0, 0.05) is 18.4 Å². The van der Waals surface area contributed by atoms with Gasteiger partial charge in [0.25, 0.3) is 0 Å². The fourth-order valence-corrected chi connectivity index (χ4v) is 2.30. The lowest BCUT2D eigenvalue weighted by Gasteiger charge is -2.09. The van der Waals surface area contributed by atoms with Crippen molar-refractivity contribution in [3.05, 3.63) is 54.4 Å². The number of nitrogens with one attached hydrogen (secondary N) is 1. The van der Waals surface area contributed by atoms with Gasteiger partial charge in [0.2, 0.25) is 5.95 Å². The van der Waals surface area contributed by atoms with Crippen LogP contribution in [0.3, 0.4) is 0 Å². The molecule has 0 radical (unpaired) electrons. The van der Waals surface area contributed by atoms with Crippen LogP contribution in [0.4, 0.5) is 5.95 Å². The Morgan fingerprint density at radius 1 is 1.11 bits per heavy atom. The molecule has 1 heterocycles. The first kappa shape index (κ1) is 11.8. The molecular formula is C16H17N3. The molecule has 3 rings (SSSR count). The third-order valence-corrected chi connectivity index (χ3v) is 3.17. The number of aromatic nitrogens is 2. The normalized spacial score (nSPS) is 10.8. The number of aryl methyl sites for hydroxylation is 1. The van der Waals surface area contributed by atoms with E-state index in [9.17, 15) is 0 Å². The Bertz CT molecular complexity index is 713. The summed E-state index contributed by atoms with van der Waals surface area (Å²) in [5.74, 6) is 0.898. The van der Waals surface area contributed by atoms with E-state index in [1.165, 1.54) is 10.8 Å².